The van der Waals surface area contributed by atoms with Crippen LogP contribution in [0.2, 0.25) is 0 Å². The van der Waals surface area contributed by atoms with Crippen LogP contribution in [0.3, 0.4) is 0 Å². The highest BCUT2D eigenvalue weighted by Gasteiger charge is 2.48. The van der Waals surface area contributed by atoms with Crippen LogP contribution in [0.1, 0.15) is 28.8 Å². The number of piperidine rings is 1. The number of carbonyl (C=O) groups is 1. The second-order valence-corrected chi connectivity index (χ2v) is 7.21. The molecule has 4 rings (SSSR count). The minimum atomic E-state index is -4.29. The molecule has 8 heteroatoms. The molecule has 1 amide bonds. The lowest BCUT2D eigenvalue weighted by Crippen LogP contribution is -2.46. The maximum Gasteiger partial charge on any atom is 0.396 e. The first kappa shape index (κ1) is 17.6. The van der Waals surface area contributed by atoms with E-state index in [4.69, 9.17) is 4.74 Å². The highest BCUT2D eigenvalue weighted by atomic mass is 19.4. The van der Waals surface area contributed by atoms with E-state index < -0.39 is 18.2 Å². The third-order valence-corrected chi connectivity index (χ3v) is 5.49. The average Bonchev–Trinajstić information content (AvgIpc) is 3.20. The van der Waals surface area contributed by atoms with Crippen molar-refractivity contribution in [2.75, 3.05) is 26.2 Å². The van der Waals surface area contributed by atoms with E-state index in [2.05, 4.69) is 10.6 Å². The summed E-state index contributed by atoms with van der Waals surface area (Å²) in [6.07, 6.45) is -3.22. The van der Waals surface area contributed by atoms with Gasteiger partial charge in [0.25, 0.3) is 5.91 Å². The molecule has 1 aromatic rings. The van der Waals surface area contributed by atoms with Gasteiger partial charge in [-0.15, -0.1) is 0 Å². The molecule has 3 unspecified atom stereocenters. The minimum Gasteiger partial charge on any atom is -0.488 e. The third-order valence-electron chi connectivity index (χ3n) is 5.49. The van der Waals surface area contributed by atoms with Crippen LogP contribution in [0.25, 0.3) is 0 Å². The van der Waals surface area contributed by atoms with Gasteiger partial charge in [-0.05, 0) is 43.1 Å². The standard InChI is InChI=1S/C18H22F3N3O2/c19-18(20,21)15-8-23-9-16(15)26-13-3-4-14-11(6-13)10-24(17(14)25)12-2-1-5-22-7-12/h3-4,6,12,15-16,22-23H,1-2,5,7-10H2. The molecule has 2 fully saturated rings. The number of rotatable bonds is 3. The Kier molecular flexibility index (Phi) is 4.56. The molecule has 2 saturated heterocycles. The number of fused-ring (bicyclic) bond motifs is 1. The second kappa shape index (κ2) is 6.74. The second-order valence-electron chi connectivity index (χ2n) is 7.21. The Morgan fingerprint density at radius 3 is 2.73 bits per heavy atom. The molecule has 0 bridgehead atoms. The Labute approximate surface area is 149 Å². The van der Waals surface area contributed by atoms with Crippen LogP contribution < -0.4 is 15.4 Å². The number of nitrogens with one attached hydrogen (secondary N) is 2. The molecular formula is C18H22F3N3O2. The summed E-state index contributed by atoms with van der Waals surface area (Å²) in [4.78, 5) is 14.5. The van der Waals surface area contributed by atoms with E-state index in [1.807, 2.05) is 4.90 Å². The van der Waals surface area contributed by atoms with Crippen molar-refractivity contribution in [1.82, 2.24) is 15.5 Å². The third kappa shape index (κ3) is 3.27. The van der Waals surface area contributed by atoms with Gasteiger partial charge in [-0.3, -0.25) is 4.79 Å². The molecular weight excluding hydrogens is 347 g/mol. The molecule has 0 radical (unpaired) electrons. The predicted octanol–water partition coefficient (Wildman–Crippen LogP) is 1.92. The first-order chi connectivity index (χ1) is 12.4. The van der Waals surface area contributed by atoms with Crippen molar-refractivity contribution >= 4 is 5.91 Å². The quantitative estimate of drug-likeness (QED) is 0.855. The summed E-state index contributed by atoms with van der Waals surface area (Å²) in [5.74, 6) is -1.12. The van der Waals surface area contributed by atoms with Crippen molar-refractivity contribution in [3.8, 4) is 5.75 Å². The number of alkyl halides is 3. The van der Waals surface area contributed by atoms with Crippen LogP contribution in [0.4, 0.5) is 13.2 Å². The molecule has 2 N–H and O–H groups in total. The van der Waals surface area contributed by atoms with E-state index in [1.165, 1.54) is 0 Å². The highest BCUT2D eigenvalue weighted by molar-refractivity contribution is 5.98. The van der Waals surface area contributed by atoms with Crippen LogP contribution in [-0.4, -0.2) is 55.3 Å². The van der Waals surface area contributed by atoms with Crippen molar-refractivity contribution in [3.05, 3.63) is 29.3 Å². The Bertz CT molecular complexity index is 689. The van der Waals surface area contributed by atoms with E-state index in [-0.39, 0.29) is 25.0 Å². The highest BCUT2D eigenvalue weighted by Crippen LogP contribution is 2.34. The first-order valence-electron chi connectivity index (χ1n) is 9.02. The molecule has 0 aliphatic carbocycles. The van der Waals surface area contributed by atoms with Gasteiger partial charge in [0.2, 0.25) is 0 Å². The zero-order valence-electron chi connectivity index (χ0n) is 14.3. The molecule has 3 aliphatic heterocycles. The van der Waals surface area contributed by atoms with E-state index in [1.54, 1.807) is 18.2 Å². The smallest absolute Gasteiger partial charge is 0.396 e. The lowest BCUT2D eigenvalue weighted by Gasteiger charge is -2.31. The van der Waals surface area contributed by atoms with Crippen LogP contribution in [0.5, 0.6) is 5.75 Å². The summed E-state index contributed by atoms with van der Waals surface area (Å²) >= 11 is 0. The predicted molar refractivity (Wildman–Crippen MR) is 89.0 cm³/mol. The van der Waals surface area contributed by atoms with E-state index in [0.717, 1.165) is 31.5 Å². The number of carbonyl (C=O) groups excluding carboxylic acids is 1. The molecule has 3 atom stereocenters. The number of halogens is 3. The van der Waals surface area contributed by atoms with Crippen LogP contribution in [-0.2, 0) is 6.54 Å². The molecule has 5 nitrogen and oxygen atoms in total. The van der Waals surface area contributed by atoms with Gasteiger partial charge in [0.1, 0.15) is 17.8 Å². The molecule has 1 aromatic carbocycles. The van der Waals surface area contributed by atoms with Gasteiger partial charge < -0.3 is 20.3 Å². The average molecular weight is 369 g/mol. The van der Waals surface area contributed by atoms with Gasteiger partial charge in [-0.2, -0.15) is 13.2 Å². The Hall–Kier alpha value is -1.80. The number of benzene rings is 1. The summed E-state index contributed by atoms with van der Waals surface area (Å²) in [5.41, 5.74) is 1.45. The maximum atomic E-state index is 13.1. The van der Waals surface area contributed by atoms with Crippen LogP contribution >= 0.6 is 0 Å². The monoisotopic (exact) mass is 369 g/mol. The largest absolute Gasteiger partial charge is 0.488 e. The normalized spacial score (nSPS) is 29.1. The lowest BCUT2D eigenvalue weighted by atomic mass is 10.1. The summed E-state index contributed by atoms with van der Waals surface area (Å²) in [6, 6.07) is 5.16. The van der Waals surface area contributed by atoms with Gasteiger partial charge in [-0.1, -0.05) is 0 Å². The molecule has 0 saturated carbocycles. The van der Waals surface area contributed by atoms with Gasteiger partial charge in [0.05, 0.1) is 0 Å². The Morgan fingerprint density at radius 2 is 2.00 bits per heavy atom. The summed E-state index contributed by atoms with van der Waals surface area (Å²) in [7, 11) is 0. The van der Waals surface area contributed by atoms with Crippen LogP contribution in [0, 0.1) is 5.92 Å². The Balaban J connectivity index is 1.48. The number of hydrogen-bond donors (Lipinski definition) is 2. The molecule has 3 aliphatic rings. The fourth-order valence-electron chi connectivity index (χ4n) is 4.07. The van der Waals surface area contributed by atoms with Crippen LogP contribution in [0.15, 0.2) is 18.2 Å². The van der Waals surface area contributed by atoms with Gasteiger partial charge in [0.15, 0.2) is 0 Å². The van der Waals surface area contributed by atoms with Crippen molar-refractivity contribution in [3.63, 3.8) is 0 Å². The number of nitrogens with zero attached hydrogens (tertiary/aromatic N) is 1. The van der Waals surface area contributed by atoms with E-state index >= 15 is 0 Å². The summed E-state index contributed by atoms with van der Waals surface area (Å²) in [6.45, 7) is 2.28. The summed E-state index contributed by atoms with van der Waals surface area (Å²) < 4.78 is 44.8. The van der Waals surface area contributed by atoms with Crippen molar-refractivity contribution in [1.29, 1.82) is 0 Å². The zero-order chi connectivity index (χ0) is 18.3. The molecule has 0 aromatic heterocycles. The number of ether oxygens (including phenoxy) is 1. The Morgan fingerprint density at radius 1 is 1.15 bits per heavy atom. The SMILES string of the molecule is O=C1c2ccc(OC3CNCC3C(F)(F)F)cc2CN1C1CCCNC1. The fraction of sp³-hybridized carbons (Fsp3) is 0.611. The van der Waals surface area contributed by atoms with Crippen molar-refractivity contribution < 1.29 is 22.7 Å². The minimum absolute atomic E-state index is 0.00375. The van der Waals surface area contributed by atoms with Gasteiger partial charge in [-0.25, -0.2) is 0 Å². The van der Waals surface area contributed by atoms with Crippen molar-refractivity contribution in [2.45, 2.75) is 37.7 Å². The first-order valence-corrected chi connectivity index (χ1v) is 9.02. The maximum absolute atomic E-state index is 13.1. The zero-order valence-corrected chi connectivity index (χ0v) is 14.3. The molecule has 0 spiro atoms. The molecule has 26 heavy (non-hydrogen) atoms. The van der Waals surface area contributed by atoms with E-state index in [0.29, 0.717) is 17.9 Å². The molecule has 142 valence electrons. The van der Waals surface area contributed by atoms with Gasteiger partial charge in [0, 0.05) is 37.8 Å². The summed E-state index contributed by atoms with van der Waals surface area (Å²) in [5, 5.41) is 6.05. The molecule has 3 heterocycles. The van der Waals surface area contributed by atoms with Crippen molar-refractivity contribution in [2.24, 2.45) is 5.92 Å². The topological polar surface area (TPSA) is 53.6 Å². The van der Waals surface area contributed by atoms with Gasteiger partial charge >= 0.3 is 6.18 Å². The van der Waals surface area contributed by atoms with E-state index in [9.17, 15) is 18.0 Å². The fourth-order valence-corrected chi connectivity index (χ4v) is 4.07. The number of hydrogen-bond acceptors (Lipinski definition) is 4. The lowest BCUT2D eigenvalue weighted by molar-refractivity contribution is -0.185. The number of amides is 1.